The van der Waals surface area contributed by atoms with Gasteiger partial charge in [-0.25, -0.2) is 9.78 Å². The first kappa shape index (κ1) is 13.6. The first-order valence-corrected chi connectivity index (χ1v) is 6.80. The van der Waals surface area contributed by atoms with Crippen molar-refractivity contribution >= 4 is 22.4 Å². The Bertz CT molecular complexity index is 548. The molecule has 0 unspecified atom stereocenters. The summed E-state index contributed by atoms with van der Waals surface area (Å²) in [5.74, 6) is -0.362. The fourth-order valence-corrected chi connectivity index (χ4v) is 2.52. The molecule has 2 aromatic heterocycles. The summed E-state index contributed by atoms with van der Waals surface area (Å²) in [5.41, 5.74) is 1.47. The van der Waals surface area contributed by atoms with Crippen molar-refractivity contribution in [2.24, 2.45) is 0 Å². The van der Waals surface area contributed by atoms with Gasteiger partial charge in [0.2, 0.25) is 0 Å². The molecule has 0 saturated carbocycles. The van der Waals surface area contributed by atoms with Crippen molar-refractivity contribution in [2.75, 3.05) is 18.6 Å². The minimum atomic E-state index is -0.362. The summed E-state index contributed by atoms with van der Waals surface area (Å²) in [4.78, 5) is 18.9. The molecule has 0 spiro atoms. The lowest BCUT2D eigenvalue weighted by Crippen LogP contribution is -2.16. The van der Waals surface area contributed by atoms with Crippen LogP contribution < -0.4 is 4.90 Å². The zero-order chi connectivity index (χ0) is 13.8. The standard InChI is InChI=1S/C13H16N2O3S/c1-4-18-12(16)11-9(2)19-13(14-11)15(3)7-10-5-6-17-8-10/h5-6,8H,4,7H2,1-3H3. The largest absolute Gasteiger partial charge is 0.472 e. The van der Waals surface area contributed by atoms with E-state index < -0.39 is 0 Å². The molecule has 0 bridgehead atoms. The van der Waals surface area contributed by atoms with Crippen LogP contribution in [0.1, 0.15) is 27.9 Å². The Morgan fingerprint density at radius 2 is 2.37 bits per heavy atom. The summed E-state index contributed by atoms with van der Waals surface area (Å²) >= 11 is 1.48. The predicted octanol–water partition coefficient (Wildman–Crippen LogP) is 2.86. The molecule has 2 rings (SSSR count). The number of hydrogen-bond donors (Lipinski definition) is 0. The van der Waals surface area contributed by atoms with Crippen molar-refractivity contribution in [2.45, 2.75) is 20.4 Å². The molecule has 0 amide bonds. The fourth-order valence-electron chi connectivity index (χ4n) is 1.66. The molecule has 2 heterocycles. The Morgan fingerprint density at radius 1 is 1.58 bits per heavy atom. The zero-order valence-corrected chi connectivity index (χ0v) is 12.0. The number of aryl methyl sites for hydroxylation is 1. The molecule has 5 nitrogen and oxygen atoms in total. The Morgan fingerprint density at radius 3 is 3.00 bits per heavy atom. The van der Waals surface area contributed by atoms with E-state index in [-0.39, 0.29) is 5.97 Å². The van der Waals surface area contributed by atoms with Crippen LogP contribution in [0.2, 0.25) is 0 Å². The van der Waals surface area contributed by atoms with Crippen LogP contribution in [0.4, 0.5) is 5.13 Å². The van der Waals surface area contributed by atoms with Crippen LogP contribution in [-0.4, -0.2) is 24.6 Å². The van der Waals surface area contributed by atoms with Crippen molar-refractivity contribution in [3.05, 3.63) is 34.7 Å². The van der Waals surface area contributed by atoms with Crippen molar-refractivity contribution < 1.29 is 13.9 Å². The summed E-state index contributed by atoms with van der Waals surface area (Å²) in [6.07, 6.45) is 3.34. The maximum atomic E-state index is 11.7. The third-order valence-corrected chi connectivity index (χ3v) is 3.67. The smallest absolute Gasteiger partial charge is 0.358 e. The van der Waals surface area contributed by atoms with E-state index in [0.29, 0.717) is 18.8 Å². The molecule has 0 aliphatic heterocycles. The molecule has 2 aromatic rings. The number of rotatable bonds is 5. The lowest BCUT2D eigenvalue weighted by Gasteiger charge is -2.13. The highest BCUT2D eigenvalue weighted by Gasteiger charge is 2.18. The maximum absolute atomic E-state index is 11.7. The normalized spacial score (nSPS) is 10.5. The molecule has 102 valence electrons. The minimum absolute atomic E-state index is 0.357. The maximum Gasteiger partial charge on any atom is 0.358 e. The van der Waals surface area contributed by atoms with Gasteiger partial charge in [-0.1, -0.05) is 0 Å². The number of hydrogen-bond acceptors (Lipinski definition) is 6. The third-order valence-electron chi connectivity index (χ3n) is 2.58. The van der Waals surface area contributed by atoms with E-state index in [2.05, 4.69) is 4.98 Å². The summed E-state index contributed by atoms with van der Waals surface area (Å²) in [7, 11) is 1.93. The molecule has 0 aliphatic carbocycles. The van der Waals surface area contributed by atoms with Gasteiger partial charge in [0.15, 0.2) is 10.8 Å². The predicted molar refractivity (Wildman–Crippen MR) is 73.6 cm³/mol. The highest BCUT2D eigenvalue weighted by molar-refractivity contribution is 7.15. The minimum Gasteiger partial charge on any atom is -0.472 e. The summed E-state index contributed by atoms with van der Waals surface area (Å²) in [6, 6.07) is 1.91. The van der Waals surface area contributed by atoms with Crippen LogP contribution in [0.5, 0.6) is 0 Å². The highest BCUT2D eigenvalue weighted by Crippen LogP contribution is 2.26. The van der Waals surface area contributed by atoms with Gasteiger partial charge in [-0.05, 0) is 19.9 Å². The van der Waals surface area contributed by atoms with Gasteiger partial charge in [-0.3, -0.25) is 0 Å². The van der Waals surface area contributed by atoms with Crippen molar-refractivity contribution in [3.63, 3.8) is 0 Å². The topological polar surface area (TPSA) is 55.6 Å². The average molecular weight is 280 g/mol. The lowest BCUT2D eigenvalue weighted by atomic mass is 10.3. The van der Waals surface area contributed by atoms with Gasteiger partial charge in [0.05, 0.1) is 19.1 Å². The summed E-state index contributed by atoms with van der Waals surface area (Å²) in [6.45, 7) is 4.70. The lowest BCUT2D eigenvalue weighted by molar-refractivity contribution is 0.0519. The molecule has 19 heavy (non-hydrogen) atoms. The van der Waals surface area contributed by atoms with Gasteiger partial charge in [0, 0.05) is 24.0 Å². The number of nitrogens with zero attached hydrogens (tertiary/aromatic N) is 2. The number of carbonyl (C=O) groups excluding carboxylic acids is 1. The molecular weight excluding hydrogens is 264 g/mol. The van der Waals surface area contributed by atoms with Crippen molar-refractivity contribution in [1.29, 1.82) is 0 Å². The fraction of sp³-hybridized carbons (Fsp3) is 0.385. The van der Waals surface area contributed by atoms with E-state index in [9.17, 15) is 4.79 Å². The SMILES string of the molecule is CCOC(=O)c1nc(N(C)Cc2ccoc2)sc1C. The number of furan rings is 1. The Hall–Kier alpha value is -1.82. The van der Waals surface area contributed by atoms with E-state index in [4.69, 9.17) is 9.15 Å². The summed E-state index contributed by atoms with van der Waals surface area (Å²) in [5, 5.41) is 0.793. The van der Waals surface area contributed by atoms with Crippen LogP contribution in [0.25, 0.3) is 0 Å². The Balaban J connectivity index is 2.12. The third kappa shape index (κ3) is 3.14. The van der Waals surface area contributed by atoms with Crippen LogP contribution in [0, 0.1) is 6.92 Å². The molecule has 0 aliphatic rings. The Kier molecular flexibility index (Phi) is 4.21. The monoisotopic (exact) mass is 280 g/mol. The van der Waals surface area contributed by atoms with Crippen LogP contribution >= 0.6 is 11.3 Å². The van der Waals surface area contributed by atoms with Crippen molar-refractivity contribution in [3.8, 4) is 0 Å². The first-order chi connectivity index (χ1) is 9.11. The van der Waals surface area contributed by atoms with Gasteiger partial charge < -0.3 is 14.1 Å². The molecule has 0 radical (unpaired) electrons. The van der Waals surface area contributed by atoms with E-state index in [1.54, 1.807) is 19.5 Å². The number of esters is 1. The molecule has 0 aromatic carbocycles. The Labute approximate surface area is 115 Å². The van der Waals surface area contributed by atoms with Gasteiger partial charge in [0.25, 0.3) is 0 Å². The molecule has 6 heteroatoms. The average Bonchev–Trinajstić information content (AvgIpc) is 2.98. The van der Waals surface area contributed by atoms with E-state index in [1.165, 1.54) is 11.3 Å². The molecule has 0 fully saturated rings. The molecule has 0 N–H and O–H groups in total. The second kappa shape index (κ2) is 5.88. The van der Waals surface area contributed by atoms with E-state index in [1.807, 2.05) is 24.9 Å². The zero-order valence-electron chi connectivity index (χ0n) is 11.2. The van der Waals surface area contributed by atoms with Gasteiger partial charge in [-0.15, -0.1) is 11.3 Å². The van der Waals surface area contributed by atoms with Gasteiger partial charge in [0.1, 0.15) is 0 Å². The summed E-state index contributed by atoms with van der Waals surface area (Å²) < 4.78 is 10.0. The number of aromatic nitrogens is 1. The van der Waals surface area contributed by atoms with Crippen molar-refractivity contribution in [1.82, 2.24) is 4.98 Å². The molecule has 0 saturated heterocycles. The molecular formula is C13H16N2O3S. The molecule has 0 atom stereocenters. The van der Waals surface area contributed by atoms with Crippen LogP contribution in [0.15, 0.2) is 23.0 Å². The van der Waals surface area contributed by atoms with Gasteiger partial charge >= 0.3 is 5.97 Å². The van der Waals surface area contributed by atoms with Gasteiger partial charge in [-0.2, -0.15) is 0 Å². The number of carbonyl (C=O) groups is 1. The van der Waals surface area contributed by atoms with Crippen LogP contribution in [-0.2, 0) is 11.3 Å². The van der Waals surface area contributed by atoms with E-state index >= 15 is 0 Å². The second-order valence-corrected chi connectivity index (χ2v) is 5.29. The number of anilines is 1. The van der Waals surface area contributed by atoms with Crippen LogP contribution in [0.3, 0.4) is 0 Å². The number of thiazole rings is 1. The second-order valence-electron chi connectivity index (χ2n) is 4.11. The van der Waals surface area contributed by atoms with E-state index in [0.717, 1.165) is 15.6 Å². The highest BCUT2D eigenvalue weighted by atomic mass is 32.1. The first-order valence-electron chi connectivity index (χ1n) is 5.98. The quantitative estimate of drug-likeness (QED) is 0.788. The number of ether oxygens (including phenoxy) is 1.